The number of nitrogens with one attached hydrogen (secondary N) is 1. The van der Waals surface area contributed by atoms with E-state index in [-0.39, 0.29) is 0 Å². The maximum absolute atomic E-state index is 11.0. The zero-order chi connectivity index (χ0) is 11.1. The van der Waals surface area contributed by atoms with Gasteiger partial charge in [0.1, 0.15) is 0 Å². The first kappa shape index (κ1) is 8.78. The normalized spacial score (nSPS) is 11.0. The Morgan fingerprint density at radius 1 is 1.44 bits per heavy atom. The fourth-order valence-corrected chi connectivity index (χ4v) is 1.63. The zero-order valence-electron chi connectivity index (χ0n) is 8.18. The minimum absolute atomic E-state index is 0.450. The topological polar surface area (TPSA) is 89.8 Å². The molecule has 0 aliphatic carbocycles. The second-order valence-electron chi connectivity index (χ2n) is 3.39. The summed E-state index contributed by atoms with van der Waals surface area (Å²) in [7, 11) is 0. The lowest BCUT2D eigenvalue weighted by molar-refractivity contribution is 0.555. The molecule has 16 heavy (non-hydrogen) atoms. The number of fused-ring (bicyclic) bond motifs is 1. The van der Waals surface area contributed by atoms with E-state index in [0.29, 0.717) is 16.8 Å². The van der Waals surface area contributed by atoms with Gasteiger partial charge in [0.25, 0.3) is 0 Å². The van der Waals surface area contributed by atoms with Gasteiger partial charge in [0.2, 0.25) is 0 Å². The summed E-state index contributed by atoms with van der Waals surface area (Å²) >= 11 is 0. The predicted molar refractivity (Wildman–Crippen MR) is 58.4 cm³/mol. The third-order valence-electron chi connectivity index (χ3n) is 2.35. The zero-order valence-corrected chi connectivity index (χ0v) is 8.18. The molecule has 0 aliphatic heterocycles. The minimum atomic E-state index is -0.489. The molecule has 0 aliphatic rings. The lowest BCUT2D eigenvalue weighted by atomic mass is 10.2. The maximum atomic E-state index is 11.0. The molecule has 0 amide bonds. The Kier molecular flexibility index (Phi) is 1.64. The highest BCUT2D eigenvalue weighted by atomic mass is 16.4. The van der Waals surface area contributed by atoms with E-state index in [9.17, 15) is 4.79 Å². The van der Waals surface area contributed by atoms with E-state index >= 15 is 0 Å². The number of hydrogen-bond acceptors (Lipinski definition) is 4. The molecular weight excluding hydrogens is 208 g/mol. The van der Waals surface area contributed by atoms with E-state index in [1.165, 1.54) is 0 Å². The summed E-state index contributed by atoms with van der Waals surface area (Å²) in [6, 6.07) is 3.36. The van der Waals surface area contributed by atoms with Gasteiger partial charge in [-0.25, -0.2) is 9.78 Å². The van der Waals surface area contributed by atoms with Gasteiger partial charge in [-0.2, -0.15) is 0 Å². The van der Waals surface area contributed by atoms with Crippen molar-refractivity contribution in [2.45, 2.75) is 0 Å². The van der Waals surface area contributed by atoms with Crippen molar-refractivity contribution in [2.75, 3.05) is 5.73 Å². The molecule has 0 atom stereocenters. The highest BCUT2D eigenvalue weighted by Crippen LogP contribution is 2.22. The minimum Gasteiger partial charge on any atom is -0.408 e. The number of rotatable bonds is 1. The third kappa shape index (κ3) is 1.20. The number of oxazole rings is 1. The van der Waals surface area contributed by atoms with E-state index in [2.05, 4.69) is 9.97 Å². The van der Waals surface area contributed by atoms with Crippen LogP contribution in [0.25, 0.3) is 16.8 Å². The molecule has 6 heteroatoms. The second kappa shape index (κ2) is 2.99. The quantitative estimate of drug-likeness (QED) is 0.591. The first-order chi connectivity index (χ1) is 7.74. The molecule has 3 N–H and O–H groups in total. The number of anilines is 1. The van der Waals surface area contributed by atoms with Gasteiger partial charge in [-0.05, 0) is 6.07 Å². The molecule has 3 rings (SSSR count). The fourth-order valence-electron chi connectivity index (χ4n) is 1.63. The van der Waals surface area contributed by atoms with Crippen molar-refractivity contribution in [1.82, 2.24) is 14.5 Å². The molecule has 0 unspecified atom stereocenters. The van der Waals surface area contributed by atoms with Gasteiger partial charge in [-0.15, -0.1) is 0 Å². The van der Waals surface area contributed by atoms with Gasteiger partial charge in [-0.3, -0.25) is 4.98 Å². The first-order valence-electron chi connectivity index (χ1n) is 4.65. The van der Waals surface area contributed by atoms with Crippen LogP contribution in [0.1, 0.15) is 0 Å². The van der Waals surface area contributed by atoms with Crippen LogP contribution in [0.2, 0.25) is 0 Å². The summed E-state index contributed by atoms with van der Waals surface area (Å²) < 4.78 is 6.67. The summed E-state index contributed by atoms with van der Waals surface area (Å²) in [5, 5.41) is 0. The number of nitrogen functional groups attached to an aromatic ring is 1. The highest BCUT2D eigenvalue weighted by Gasteiger charge is 2.07. The van der Waals surface area contributed by atoms with Gasteiger partial charge in [0.15, 0.2) is 5.58 Å². The Labute approximate surface area is 89.3 Å². The van der Waals surface area contributed by atoms with Crippen molar-refractivity contribution in [1.29, 1.82) is 0 Å². The van der Waals surface area contributed by atoms with Crippen molar-refractivity contribution >= 4 is 16.8 Å². The van der Waals surface area contributed by atoms with Crippen LogP contribution >= 0.6 is 0 Å². The molecule has 3 aromatic rings. The van der Waals surface area contributed by atoms with E-state index in [0.717, 1.165) is 5.69 Å². The lowest BCUT2D eigenvalue weighted by Gasteiger charge is -2.05. The second-order valence-corrected chi connectivity index (χ2v) is 3.39. The highest BCUT2D eigenvalue weighted by molar-refractivity contribution is 5.81. The number of H-pyrrole nitrogens is 1. The van der Waals surface area contributed by atoms with Crippen LogP contribution in [0.4, 0.5) is 5.69 Å². The van der Waals surface area contributed by atoms with Crippen LogP contribution in [-0.4, -0.2) is 14.5 Å². The summed E-state index contributed by atoms with van der Waals surface area (Å²) in [5.74, 6) is -0.489. The number of imidazole rings is 1. The molecule has 80 valence electrons. The Hall–Kier alpha value is -2.50. The van der Waals surface area contributed by atoms with Crippen molar-refractivity contribution in [3.8, 4) is 5.69 Å². The molecule has 2 heterocycles. The Morgan fingerprint density at radius 2 is 2.31 bits per heavy atom. The van der Waals surface area contributed by atoms with Crippen LogP contribution < -0.4 is 11.5 Å². The molecular formula is C10H8N4O2. The number of benzene rings is 1. The van der Waals surface area contributed by atoms with Gasteiger partial charge < -0.3 is 14.7 Å². The van der Waals surface area contributed by atoms with E-state index < -0.39 is 5.76 Å². The molecule has 6 nitrogen and oxygen atoms in total. The SMILES string of the molecule is Nc1cc2oc(=O)[nH]c2cc1-n1ccnc1. The van der Waals surface area contributed by atoms with Gasteiger partial charge in [-0.1, -0.05) is 0 Å². The number of aromatic amines is 1. The molecule has 2 aromatic heterocycles. The maximum Gasteiger partial charge on any atom is 0.417 e. The van der Waals surface area contributed by atoms with Crippen molar-refractivity contribution in [2.24, 2.45) is 0 Å². The van der Waals surface area contributed by atoms with Crippen LogP contribution in [0, 0.1) is 0 Å². The third-order valence-corrected chi connectivity index (χ3v) is 2.35. The summed E-state index contributed by atoms with van der Waals surface area (Å²) in [4.78, 5) is 17.5. The summed E-state index contributed by atoms with van der Waals surface area (Å²) in [6.07, 6.45) is 5.06. The summed E-state index contributed by atoms with van der Waals surface area (Å²) in [6.45, 7) is 0. The Balaban J connectivity index is 2.33. The fraction of sp³-hybridized carbons (Fsp3) is 0. The average molecular weight is 216 g/mol. The number of nitrogens with two attached hydrogens (primary N) is 1. The number of hydrogen-bond donors (Lipinski definition) is 2. The first-order valence-corrected chi connectivity index (χ1v) is 4.65. The van der Waals surface area contributed by atoms with Crippen LogP contribution in [0.5, 0.6) is 0 Å². The smallest absolute Gasteiger partial charge is 0.408 e. The van der Waals surface area contributed by atoms with Gasteiger partial charge >= 0.3 is 5.76 Å². The van der Waals surface area contributed by atoms with Crippen LogP contribution in [-0.2, 0) is 0 Å². The van der Waals surface area contributed by atoms with Crippen molar-refractivity contribution in [3.05, 3.63) is 41.4 Å². The number of nitrogens with zero attached hydrogens (tertiary/aromatic N) is 2. The van der Waals surface area contributed by atoms with Crippen molar-refractivity contribution < 1.29 is 4.42 Å². The molecule has 0 fully saturated rings. The van der Waals surface area contributed by atoms with E-state index in [1.807, 2.05) is 0 Å². The average Bonchev–Trinajstić information content (AvgIpc) is 2.83. The van der Waals surface area contributed by atoms with Gasteiger partial charge in [0.05, 0.1) is 23.2 Å². The Bertz CT molecular complexity index is 693. The largest absolute Gasteiger partial charge is 0.417 e. The Morgan fingerprint density at radius 3 is 3.06 bits per heavy atom. The predicted octanol–water partition coefficient (Wildman–Crippen LogP) is 0.889. The van der Waals surface area contributed by atoms with E-state index in [4.69, 9.17) is 10.2 Å². The molecule has 1 aromatic carbocycles. The van der Waals surface area contributed by atoms with Crippen molar-refractivity contribution in [3.63, 3.8) is 0 Å². The van der Waals surface area contributed by atoms with Gasteiger partial charge in [0, 0.05) is 18.5 Å². The number of aromatic nitrogens is 3. The lowest BCUT2D eigenvalue weighted by Crippen LogP contribution is -1.97. The molecule has 0 bridgehead atoms. The summed E-state index contributed by atoms with van der Waals surface area (Å²) in [5.41, 5.74) is 8.20. The molecule has 0 spiro atoms. The molecule has 0 saturated carbocycles. The monoisotopic (exact) mass is 216 g/mol. The van der Waals surface area contributed by atoms with Crippen LogP contribution in [0.15, 0.2) is 40.1 Å². The molecule has 0 radical (unpaired) electrons. The standard InChI is InChI=1S/C10H8N4O2/c11-6-3-9-7(13-10(15)16-9)4-8(6)14-2-1-12-5-14/h1-5H,11H2,(H,13,15). The molecule has 0 saturated heterocycles. The van der Waals surface area contributed by atoms with Crippen LogP contribution in [0.3, 0.4) is 0 Å². The van der Waals surface area contributed by atoms with E-state index in [1.54, 1.807) is 35.4 Å².